The Morgan fingerprint density at radius 1 is 1.16 bits per heavy atom. The minimum atomic E-state index is -3.01. The third-order valence-corrected chi connectivity index (χ3v) is 9.76. The highest BCUT2D eigenvalue weighted by Crippen LogP contribution is 2.64. The third kappa shape index (κ3) is 4.37. The van der Waals surface area contributed by atoms with Gasteiger partial charge in [-0.3, -0.25) is 4.57 Å². The summed E-state index contributed by atoms with van der Waals surface area (Å²) in [5, 5.41) is 0. The second kappa shape index (κ2) is 8.62. The lowest BCUT2D eigenvalue weighted by molar-refractivity contribution is 0.116. The Kier molecular flexibility index (Phi) is 6.49. The first-order chi connectivity index (χ1) is 14.9. The van der Waals surface area contributed by atoms with Crippen LogP contribution in [-0.2, 0) is 9.09 Å². The molecule has 6 atom stereocenters. The van der Waals surface area contributed by atoms with Crippen LogP contribution >= 0.6 is 7.52 Å². The van der Waals surface area contributed by atoms with Gasteiger partial charge in [0.2, 0.25) is 0 Å². The topological polar surface area (TPSA) is 52.3 Å². The molecule has 4 heteroatoms. The summed E-state index contributed by atoms with van der Waals surface area (Å²) in [7, 11) is -3.01. The molecule has 0 radical (unpaired) electrons. The SMILES string of the molecule is CC(C)CCC[C@@H](C)[C@H]1CC=C2C3=CC=C4CC(OP(C)(N)=O)=CC[C@]4(C)[C@H]3CC[C@@]21C. The van der Waals surface area contributed by atoms with E-state index in [1.807, 2.05) is 0 Å². The normalized spacial score (nSPS) is 36.6. The Balaban J connectivity index is 1.53. The number of rotatable bonds is 7. The molecule has 0 aromatic rings. The van der Waals surface area contributed by atoms with Gasteiger partial charge in [-0.25, -0.2) is 5.50 Å². The minimum Gasteiger partial charge on any atom is -0.437 e. The molecule has 0 heterocycles. The summed E-state index contributed by atoms with van der Waals surface area (Å²) in [4.78, 5) is 0. The Labute approximate surface area is 196 Å². The summed E-state index contributed by atoms with van der Waals surface area (Å²) in [6.45, 7) is 13.7. The lowest BCUT2D eigenvalue weighted by atomic mass is 9.52. The fourth-order valence-electron chi connectivity index (χ4n) is 7.30. The van der Waals surface area contributed by atoms with Crippen molar-refractivity contribution in [3.63, 3.8) is 0 Å². The van der Waals surface area contributed by atoms with E-state index in [4.69, 9.17) is 10.0 Å². The average molecular weight is 458 g/mol. The van der Waals surface area contributed by atoms with E-state index < -0.39 is 7.52 Å². The van der Waals surface area contributed by atoms with Gasteiger partial charge < -0.3 is 4.52 Å². The van der Waals surface area contributed by atoms with Gasteiger partial charge in [0, 0.05) is 13.1 Å². The van der Waals surface area contributed by atoms with Crippen LogP contribution in [0.25, 0.3) is 0 Å². The fraction of sp³-hybridized carbons (Fsp3) is 0.714. The molecule has 0 aliphatic heterocycles. The molecule has 1 saturated carbocycles. The van der Waals surface area contributed by atoms with E-state index in [-0.39, 0.29) is 5.41 Å². The molecular formula is C28H44NO2P. The Hall–Kier alpha value is -1.05. The summed E-state index contributed by atoms with van der Waals surface area (Å²) in [5.74, 6) is 3.73. The van der Waals surface area contributed by atoms with Crippen molar-refractivity contribution >= 4 is 7.52 Å². The van der Waals surface area contributed by atoms with Crippen molar-refractivity contribution in [1.82, 2.24) is 0 Å². The van der Waals surface area contributed by atoms with Crippen LogP contribution in [0.1, 0.15) is 86.0 Å². The van der Waals surface area contributed by atoms with Gasteiger partial charge in [0.25, 0.3) is 0 Å². The number of hydrogen-bond acceptors (Lipinski definition) is 2. The molecule has 1 unspecified atom stereocenters. The van der Waals surface area contributed by atoms with Crippen LogP contribution in [0.2, 0.25) is 0 Å². The summed E-state index contributed by atoms with van der Waals surface area (Å²) in [6, 6.07) is 0. The maximum atomic E-state index is 12.0. The quantitative estimate of drug-likeness (QED) is 0.392. The molecule has 2 N–H and O–H groups in total. The van der Waals surface area contributed by atoms with E-state index in [1.165, 1.54) is 50.8 Å². The molecule has 0 saturated heterocycles. The largest absolute Gasteiger partial charge is 0.437 e. The fourth-order valence-corrected chi connectivity index (χ4v) is 7.90. The Bertz CT molecular complexity index is 920. The van der Waals surface area contributed by atoms with Gasteiger partial charge >= 0.3 is 7.52 Å². The lowest BCUT2D eigenvalue weighted by Crippen LogP contribution is -2.42. The molecule has 0 bridgehead atoms. The second-order valence-electron chi connectivity index (χ2n) is 12.1. The summed E-state index contributed by atoms with van der Waals surface area (Å²) in [6.07, 6.45) is 19.0. The second-order valence-corrected chi connectivity index (χ2v) is 14.1. The minimum absolute atomic E-state index is 0.131. The number of allylic oxidation sites excluding steroid dienone is 7. The van der Waals surface area contributed by atoms with Crippen LogP contribution in [0.4, 0.5) is 0 Å². The van der Waals surface area contributed by atoms with E-state index in [2.05, 4.69) is 58.9 Å². The van der Waals surface area contributed by atoms with Crippen molar-refractivity contribution < 1.29 is 9.09 Å². The molecule has 0 amide bonds. The van der Waals surface area contributed by atoms with Crippen molar-refractivity contribution in [2.75, 3.05) is 6.66 Å². The van der Waals surface area contributed by atoms with Gasteiger partial charge in [-0.05, 0) is 77.4 Å². The highest BCUT2D eigenvalue weighted by Gasteiger charge is 2.53. The van der Waals surface area contributed by atoms with Crippen LogP contribution < -0.4 is 5.50 Å². The van der Waals surface area contributed by atoms with E-state index in [0.29, 0.717) is 11.3 Å². The molecular weight excluding hydrogens is 413 g/mol. The molecule has 178 valence electrons. The van der Waals surface area contributed by atoms with Crippen LogP contribution in [0, 0.1) is 34.5 Å². The molecule has 0 aromatic carbocycles. The van der Waals surface area contributed by atoms with E-state index in [0.717, 1.165) is 36.4 Å². The van der Waals surface area contributed by atoms with Crippen molar-refractivity contribution in [1.29, 1.82) is 0 Å². The highest BCUT2D eigenvalue weighted by molar-refractivity contribution is 7.55. The van der Waals surface area contributed by atoms with Gasteiger partial charge in [-0.1, -0.05) is 77.7 Å². The first kappa shape index (κ1) is 24.1. The standard InChI is InChI=1S/C28H44NO2P/c1-19(2)8-7-9-20(3)24-12-13-25-23-11-10-21-18-22(31-32(6,29)30)14-16-27(21,4)26(23)15-17-28(24,25)5/h10-11,13-14,19-20,24,26H,7-9,12,15-18H2,1-6H3,(H2,29,30)/t20-,24-,26+,27+,28-,32?/m1/s1. The van der Waals surface area contributed by atoms with Crippen LogP contribution in [0.5, 0.6) is 0 Å². The van der Waals surface area contributed by atoms with Crippen LogP contribution in [-0.4, -0.2) is 6.66 Å². The number of hydrogen-bond donors (Lipinski definition) is 1. The first-order valence-corrected chi connectivity index (χ1v) is 14.9. The smallest absolute Gasteiger partial charge is 0.310 e. The van der Waals surface area contributed by atoms with Gasteiger partial charge in [-0.2, -0.15) is 0 Å². The predicted octanol–water partition coefficient (Wildman–Crippen LogP) is 8.16. The monoisotopic (exact) mass is 457 g/mol. The molecule has 0 spiro atoms. The van der Waals surface area contributed by atoms with E-state index in [9.17, 15) is 4.57 Å². The zero-order valence-corrected chi connectivity index (χ0v) is 22.0. The average Bonchev–Trinajstić information content (AvgIpc) is 3.04. The van der Waals surface area contributed by atoms with Gasteiger partial charge in [0.15, 0.2) is 0 Å². The highest BCUT2D eigenvalue weighted by atomic mass is 31.2. The zero-order valence-electron chi connectivity index (χ0n) is 21.1. The predicted molar refractivity (Wildman–Crippen MR) is 135 cm³/mol. The first-order valence-electron chi connectivity index (χ1n) is 12.8. The van der Waals surface area contributed by atoms with Crippen molar-refractivity contribution in [3.05, 3.63) is 46.8 Å². The van der Waals surface area contributed by atoms with E-state index >= 15 is 0 Å². The molecule has 4 rings (SSSR count). The molecule has 4 aliphatic carbocycles. The van der Waals surface area contributed by atoms with Crippen LogP contribution in [0.15, 0.2) is 46.8 Å². The Morgan fingerprint density at radius 3 is 2.59 bits per heavy atom. The summed E-state index contributed by atoms with van der Waals surface area (Å²) >= 11 is 0. The van der Waals surface area contributed by atoms with Gasteiger partial charge in [-0.15, -0.1) is 0 Å². The van der Waals surface area contributed by atoms with Gasteiger partial charge in [0.05, 0.1) is 0 Å². The van der Waals surface area contributed by atoms with Gasteiger partial charge in [0.1, 0.15) is 5.76 Å². The molecule has 4 aliphatic rings. The van der Waals surface area contributed by atoms with Crippen molar-refractivity contribution in [2.45, 2.75) is 86.0 Å². The number of nitrogens with two attached hydrogens (primary N) is 1. The maximum Gasteiger partial charge on any atom is 0.310 e. The molecule has 32 heavy (non-hydrogen) atoms. The summed E-state index contributed by atoms with van der Waals surface area (Å²) in [5.41, 5.74) is 10.8. The summed E-state index contributed by atoms with van der Waals surface area (Å²) < 4.78 is 17.6. The Morgan fingerprint density at radius 2 is 1.91 bits per heavy atom. The lowest BCUT2D eigenvalue weighted by Gasteiger charge is -2.52. The maximum absolute atomic E-state index is 12.0. The van der Waals surface area contributed by atoms with Crippen LogP contribution in [0.3, 0.4) is 0 Å². The van der Waals surface area contributed by atoms with Crippen molar-refractivity contribution in [3.8, 4) is 0 Å². The zero-order chi connectivity index (χ0) is 23.3. The third-order valence-electron chi connectivity index (χ3n) is 9.16. The molecule has 0 aromatic heterocycles. The van der Waals surface area contributed by atoms with E-state index in [1.54, 1.807) is 11.1 Å². The number of fused-ring (bicyclic) bond motifs is 5. The molecule has 1 fully saturated rings. The molecule has 3 nitrogen and oxygen atoms in total. The van der Waals surface area contributed by atoms with Crippen molar-refractivity contribution in [2.24, 2.45) is 40.0 Å².